The Kier molecular flexibility index (Phi) is 4.83. The maximum absolute atomic E-state index is 9.81. The van der Waals surface area contributed by atoms with Crippen molar-refractivity contribution in [3.63, 3.8) is 0 Å². The van der Waals surface area contributed by atoms with Gasteiger partial charge in [0.15, 0.2) is 0 Å². The molecule has 2 heteroatoms. The Morgan fingerprint density at radius 2 is 1.47 bits per heavy atom. The predicted molar refractivity (Wildman–Crippen MR) is 57.4 cm³/mol. The van der Waals surface area contributed by atoms with Crippen LogP contribution in [0.2, 0.25) is 0 Å². The molecule has 0 aliphatic carbocycles. The molecule has 82 valence electrons. The third-order valence-corrected chi connectivity index (χ3v) is 2.51. The van der Waals surface area contributed by atoms with Gasteiger partial charge in [-0.15, -0.1) is 5.56 Å². The fraction of sp³-hybridized carbons (Fsp3) is 0.231. The first-order chi connectivity index (χ1) is 6.86. The molecule has 0 saturated heterocycles. The van der Waals surface area contributed by atoms with Crippen molar-refractivity contribution < 1.29 is 22.2 Å². The van der Waals surface area contributed by atoms with Gasteiger partial charge in [0, 0.05) is 23.2 Å². The van der Waals surface area contributed by atoms with Crippen LogP contribution in [0.15, 0.2) is 48.5 Å². The Bertz CT molecular complexity index is 348. The van der Waals surface area contributed by atoms with Crippen LogP contribution in [0.3, 0.4) is 0 Å². The second kappa shape index (κ2) is 5.92. The van der Waals surface area contributed by atoms with Crippen LogP contribution in [0.4, 0.5) is 0 Å². The van der Waals surface area contributed by atoms with E-state index in [1.807, 2.05) is 36.4 Å². The summed E-state index contributed by atoms with van der Waals surface area (Å²) in [5, 5.41) is 9.81. The zero-order valence-electron chi connectivity index (χ0n) is 8.41. The number of aryl methyl sites for hydroxylation is 1. The Morgan fingerprint density at radius 3 is 2.07 bits per heavy atom. The Hall–Kier alpha value is -0.821. The van der Waals surface area contributed by atoms with Gasteiger partial charge in [0.25, 0.3) is 0 Å². The van der Waals surface area contributed by atoms with E-state index in [-0.39, 0.29) is 23.2 Å². The van der Waals surface area contributed by atoms with E-state index in [4.69, 9.17) is 0 Å². The smallest absolute Gasteiger partial charge is 0.0344 e. The van der Waals surface area contributed by atoms with Gasteiger partial charge >= 0.3 is 0 Å². The minimum atomic E-state index is -0.320. The molecule has 1 nitrogen and oxygen atoms in total. The van der Waals surface area contributed by atoms with Crippen molar-refractivity contribution in [1.82, 2.24) is 0 Å². The zero-order valence-corrected chi connectivity index (χ0v) is 9.52. The van der Waals surface area contributed by atoms with Crippen LogP contribution in [0, 0.1) is 0 Å². The average Bonchev–Trinajstić information content (AvgIpc) is 2.87. The maximum atomic E-state index is 9.81. The van der Waals surface area contributed by atoms with Gasteiger partial charge in [-0.3, -0.25) is 0 Å². The van der Waals surface area contributed by atoms with Crippen molar-refractivity contribution in [1.29, 1.82) is 0 Å². The molecule has 0 radical (unpaired) electrons. The Morgan fingerprint density at radius 1 is 0.933 bits per heavy atom. The van der Waals surface area contributed by atoms with Crippen LogP contribution in [0.1, 0.15) is 23.7 Å². The summed E-state index contributed by atoms with van der Waals surface area (Å²) in [5.41, 5.74) is 2.33. The minimum absolute atomic E-state index is 0. The van der Waals surface area contributed by atoms with Gasteiger partial charge in [0.2, 0.25) is 0 Å². The van der Waals surface area contributed by atoms with Crippen molar-refractivity contribution in [2.24, 2.45) is 0 Å². The number of hydrogen-bond acceptors (Lipinski definition) is 1. The fourth-order valence-electron chi connectivity index (χ4n) is 1.66. The monoisotopic (exact) mass is 242 g/mol. The van der Waals surface area contributed by atoms with E-state index in [1.165, 1.54) is 5.56 Å². The molecule has 0 fully saturated rings. The number of aliphatic hydroxyl groups excluding tert-OH is 1. The molecule has 0 saturated carbocycles. The predicted octanol–water partition coefficient (Wildman–Crippen LogP) is 2.79. The van der Waals surface area contributed by atoms with Gasteiger partial charge in [-0.1, -0.05) is 6.42 Å². The third-order valence-electron chi connectivity index (χ3n) is 2.51. The minimum Gasteiger partial charge on any atom is -0.401 e. The van der Waals surface area contributed by atoms with Crippen LogP contribution in [-0.2, 0) is 23.5 Å². The molecule has 1 N–H and O–H groups in total. The van der Waals surface area contributed by atoms with Crippen molar-refractivity contribution in [3.05, 3.63) is 59.7 Å². The molecule has 2 rings (SSSR count). The molecule has 1 atom stereocenters. The number of hydrogen-bond donors (Lipinski definition) is 1. The second-order valence-corrected chi connectivity index (χ2v) is 3.57. The van der Waals surface area contributed by atoms with E-state index in [0.29, 0.717) is 0 Å². The number of aliphatic hydroxyl groups is 1. The molecule has 15 heavy (non-hydrogen) atoms. The molecule has 0 amide bonds. The van der Waals surface area contributed by atoms with Crippen LogP contribution < -0.4 is 0 Å². The summed E-state index contributed by atoms with van der Waals surface area (Å²) in [7, 11) is 0. The summed E-state index contributed by atoms with van der Waals surface area (Å²) >= 11 is 0. The normalized spacial score (nSPS) is 12.1. The van der Waals surface area contributed by atoms with Gasteiger partial charge in [-0.25, -0.2) is 24.3 Å². The fourth-order valence-corrected chi connectivity index (χ4v) is 1.66. The average molecular weight is 242 g/mol. The van der Waals surface area contributed by atoms with E-state index >= 15 is 0 Å². The molecule has 0 aromatic heterocycles. The molecule has 0 heterocycles. The standard InChI is InChI=1S/C13H14O.Fe/c14-13(12-7-3-4-8-12)10-9-11-5-1-2-6-11;/h1-8,13-14H,9-10H2;/q-2;. The Balaban J connectivity index is 0.00000112. The Labute approximate surface area is 101 Å². The van der Waals surface area contributed by atoms with Crippen LogP contribution in [-0.4, -0.2) is 5.11 Å². The third kappa shape index (κ3) is 3.35. The molecule has 0 bridgehead atoms. The molecular formula is C13H14FeO-2. The maximum Gasteiger partial charge on any atom is 0.0344 e. The summed E-state index contributed by atoms with van der Waals surface area (Å²) in [5.74, 6) is 0. The molecular weight excluding hydrogens is 228 g/mol. The van der Waals surface area contributed by atoms with E-state index in [1.54, 1.807) is 0 Å². The molecule has 2 aromatic rings. The zero-order chi connectivity index (χ0) is 9.80. The first-order valence-corrected chi connectivity index (χ1v) is 4.96. The molecule has 0 aliphatic heterocycles. The van der Waals surface area contributed by atoms with Gasteiger partial charge in [-0.2, -0.15) is 29.8 Å². The molecule has 1 unspecified atom stereocenters. The topological polar surface area (TPSA) is 20.2 Å². The van der Waals surface area contributed by atoms with E-state index in [2.05, 4.69) is 12.1 Å². The van der Waals surface area contributed by atoms with Gasteiger partial charge < -0.3 is 5.11 Å². The SMILES string of the molecule is OC(CC[c-]1cccc1)[c-]1cccc1.[Fe]. The quantitative estimate of drug-likeness (QED) is 0.645. The van der Waals surface area contributed by atoms with E-state index in [9.17, 15) is 5.11 Å². The number of rotatable bonds is 4. The summed E-state index contributed by atoms with van der Waals surface area (Å²) < 4.78 is 0. The van der Waals surface area contributed by atoms with Gasteiger partial charge in [0.1, 0.15) is 0 Å². The summed E-state index contributed by atoms with van der Waals surface area (Å²) in [6, 6.07) is 16.1. The first-order valence-electron chi connectivity index (χ1n) is 4.96. The van der Waals surface area contributed by atoms with Gasteiger partial charge in [0.05, 0.1) is 0 Å². The van der Waals surface area contributed by atoms with E-state index in [0.717, 1.165) is 18.4 Å². The molecule has 0 aliphatic rings. The molecule has 0 spiro atoms. The summed E-state index contributed by atoms with van der Waals surface area (Å²) in [6.45, 7) is 0. The van der Waals surface area contributed by atoms with Crippen LogP contribution in [0.5, 0.6) is 0 Å². The van der Waals surface area contributed by atoms with E-state index < -0.39 is 0 Å². The summed E-state index contributed by atoms with van der Waals surface area (Å²) in [4.78, 5) is 0. The largest absolute Gasteiger partial charge is 0.401 e. The van der Waals surface area contributed by atoms with Crippen molar-refractivity contribution in [2.75, 3.05) is 0 Å². The summed E-state index contributed by atoms with van der Waals surface area (Å²) in [6.07, 6.45) is 1.42. The van der Waals surface area contributed by atoms with Crippen molar-refractivity contribution >= 4 is 0 Å². The van der Waals surface area contributed by atoms with Crippen LogP contribution in [0.25, 0.3) is 0 Å². The first kappa shape index (κ1) is 12.3. The molecule has 2 aromatic carbocycles. The second-order valence-electron chi connectivity index (χ2n) is 3.57. The van der Waals surface area contributed by atoms with Crippen molar-refractivity contribution in [3.8, 4) is 0 Å². The van der Waals surface area contributed by atoms with Crippen molar-refractivity contribution in [2.45, 2.75) is 18.9 Å². The van der Waals surface area contributed by atoms with Gasteiger partial charge in [-0.05, 0) is 6.42 Å². The van der Waals surface area contributed by atoms with Crippen LogP contribution >= 0.6 is 0 Å².